The van der Waals surface area contributed by atoms with E-state index in [1.54, 1.807) is 0 Å². The predicted molar refractivity (Wildman–Crippen MR) is 84.4 cm³/mol. The molecule has 0 fully saturated rings. The van der Waals surface area contributed by atoms with Gasteiger partial charge in [-0.25, -0.2) is 17.8 Å². The van der Waals surface area contributed by atoms with Crippen molar-refractivity contribution in [1.82, 2.24) is 14.5 Å². The third-order valence-electron chi connectivity index (χ3n) is 3.27. The van der Waals surface area contributed by atoms with Crippen LogP contribution in [-0.4, -0.2) is 29.2 Å². The monoisotopic (exact) mass is 349 g/mol. The molecule has 0 radical (unpaired) electrons. The molecule has 0 spiro atoms. The molecule has 0 atom stereocenters. The van der Waals surface area contributed by atoms with Crippen molar-refractivity contribution in [3.63, 3.8) is 0 Å². The number of hydrogen-bond acceptors (Lipinski definition) is 6. The topological polar surface area (TPSA) is 91.2 Å². The van der Waals surface area contributed by atoms with Crippen molar-refractivity contribution in [3.8, 4) is 11.5 Å². The highest BCUT2D eigenvalue weighted by atomic mass is 32.2. The molecule has 0 saturated carbocycles. The van der Waals surface area contributed by atoms with Crippen molar-refractivity contribution in [2.24, 2.45) is 7.05 Å². The summed E-state index contributed by atoms with van der Waals surface area (Å²) in [5.41, 5.74) is -0.341. The molecule has 2 aromatic heterocycles. The van der Waals surface area contributed by atoms with Crippen LogP contribution >= 0.6 is 0 Å². The van der Waals surface area contributed by atoms with Crippen molar-refractivity contribution in [1.29, 1.82) is 0 Å². The lowest BCUT2D eigenvalue weighted by Crippen LogP contribution is -2.20. The van der Waals surface area contributed by atoms with Crippen molar-refractivity contribution in [2.75, 3.05) is 6.26 Å². The lowest BCUT2D eigenvalue weighted by Gasteiger charge is -2.09. The lowest BCUT2D eigenvalue weighted by atomic mass is 10.3. The Morgan fingerprint density at radius 3 is 2.50 bits per heavy atom. The summed E-state index contributed by atoms with van der Waals surface area (Å²) in [5, 5.41) is 0.0683. The molecule has 7 nitrogen and oxygen atoms in total. The largest absolute Gasteiger partial charge is 0.452 e. The molecular formula is C15H12FN3O4S. The number of fused-ring (bicyclic) bond motifs is 1. The molecule has 0 aliphatic heterocycles. The van der Waals surface area contributed by atoms with Gasteiger partial charge >= 0.3 is 0 Å². The second-order valence-electron chi connectivity index (χ2n) is 5.13. The summed E-state index contributed by atoms with van der Waals surface area (Å²) >= 11 is 0. The number of ether oxygens (including phenoxy) is 1. The molecule has 1 aromatic carbocycles. The van der Waals surface area contributed by atoms with E-state index in [2.05, 4.69) is 9.97 Å². The molecule has 24 heavy (non-hydrogen) atoms. The molecular weight excluding hydrogens is 337 g/mol. The van der Waals surface area contributed by atoms with Crippen molar-refractivity contribution in [2.45, 2.75) is 5.16 Å². The molecule has 0 aliphatic carbocycles. The minimum atomic E-state index is -3.59. The van der Waals surface area contributed by atoms with E-state index >= 15 is 0 Å². The summed E-state index contributed by atoms with van der Waals surface area (Å²) in [6, 6.07) is 6.61. The van der Waals surface area contributed by atoms with Gasteiger partial charge in [0.15, 0.2) is 5.75 Å². The fraction of sp³-hybridized carbons (Fsp3) is 0.133. The van der Waals surface area contributed by atoms with E-state index in [0.717, 1.165) is 6.26 Å². The van der Waals surface area contributed by atoms with E-state index in [4.69, 9.17) is 4.74 Å². The van der Waals surface area contributed by atoms with Crippen molar-refractivity contribution >= 4 is 20.9 Å². The van der Waals surface area contributed by atoms with Gasteiger partial charge in [0.25, 0.3) is 5.56 Å². The molecule has 0 bridgehead atoms. The molecule has 2 heterocycles. The van der Waals surface area contributed by atoms with Gasteiger partial charge in [-0.1, -0.05) is 0 Å². The number of sulfone groups is 1. The first kappa shape index (κ1) is 16.1. The van der Waals surface area contributed by atoms with Crippen LogP contribution in [0.3, 0.4) is 0 Å². The van der Waals surface area contributed by atoms with Gasteiger partial charge in [0, 0.05) is 24.9 Å². The molecule has 0 saturated heterocycles. The first-order chi connectivity index (χ1) is 11.3. The maximum atomic E-state index is 12.9. The van der Waals surface area contributed by atoms with Crippen LogP contribution in [0.15, 0.2) is 46.5 Å². The SMILES string of the molecule is Cn1c(=O)c(Oc2ccc(F)cc2)cc2cnc(S(C)(=O)=O)nc21. The number of rotatable bonds is 3. The van der Waals surface area contributed by atoms with E-state index in [-0.39, 0.29) is 16.6 Å². The van der Waals surface area contributed by atoms with Crippen LogP contribution in [0.2, 0.25) is 0 Å². The third-order valence-corrected chi connectivity index (χ3v) is 4.13. The second kappa shape index (κ2) is 5.68. The number of benzene rings is 1. The number of nitrogens with zero attached hydrogens (tertiary/aromatic N) is 3. The van der Waals surface area contributed by atoms with Crippen LogP contribution in [0.4, 0.5) is 4.39 Å². The Bertz CT molecular complexity index is 1090. The summed E-state index contributed by atoms with van der Waals surface area (Å²) in [4.78, 5) is 20.1. The molecule has 0 amide bonds. The maximum Gasteiger partial charge on any atom is 0.294 e. The highest BCUT2D eigenvalue weighted by molar-refractivity contribution is 7.90. The Morgan fingerprint density at radius 2 is 1.88 bits per heavy atom. The number of hydrogen-bond donors (Lipinski definition) is 0. The van der Waals surface area contributed by atoms with E-state index in [9.17, 15) is 17.6 Å². The average molecular weight is 349 g/mol. The first-order valence-corrected chi connectivity index (χ1v) is 8.65. The zero-order chi connectivity index (χ0) is 17.5. The van der Waals surface area contributed by atoms with Gasteiger partial charge in [0.05, 0.1) is 0 Å². The third kappa shape index (κ3) is 2.98. The highest BCUT2D eigenvalue weighted by Crippen LogP contribution is 2.21. The lowest BCUT2D eigenvalue weighted by molar-refractivity contribution is 0.469. The fourth-order valence-corrected chi connectivity index (χ4v) is 2.58. The zero-order valence-electron chi connectivity index (χ0n) is 12.7. The number of pyridine rings is 1. The normalized spacial score (nSPS) is 11.6. The molecule has 3 aromatic rings. The number of aromatic nitrogens is 3. The molecule has 0 aliphatic rings. The summed E-state index contributed by atoms with van der Waals surface area (Å²) in [6.45, 7) is 0. The van der Waals surface area contributed by atoms with Gasteiger partial charge in [0.1, 0.15) is 17.2 Å². The Kier molecular flexibility index (Phi) is 3.80. The van der Waals surface area contributed by atoms with E-state index in [1.807, 2.05) is 0 Å². The number of aryl methyl sites for hydroxylation is 1. The first-order valence-electron chi connectivity index (χ1n) is 6.76. The average Bonchev–Trinajstić information content (AvgIpc) is 2.53. The Balaban J connectivity index is 2.13. The minimum Gasteiger partial charge on any atom is -0.452 e. The summed E-state index contributed by atoms with van der Waals surface area (Å²) < 4.78 is 42.7. The zero-order valence-corrected chi connectivity index (χ0v) is 13.5. The van der Waals surface area contributed by atoms with Crippen LogP contribution in [0.25, 0.3) is 11.0 Å². The smallest absolute Gasteiger partial charge is 0.294 e. The van der Waals surface area contributed by atoms with Crippen molar-refractivity contribution in [3.05, 3.63) is 52.7 Å². The van der Waals surface area contributed by atoms with E-state index < -0.39 is 21.2 Å². The second-order valence-corrected chi connectivity index (χ2v) is 7.04. The van der Waals surface area contributed by atoms with Gasteiger partial charge < -0.3 is 4.74 Å². The Hall–Kier alpha value is -2.81. The molecule has 0 unspecified atom stereocenters. The van der Waals surface area contributed by atoms with Crippen LogP contribution in [0.5, 0.6) is 11.5 Å². The van der Waals surface area contributed by atoms with E-state index in [0.29, 0.717) is 11.1 Å². The van der Waals surface area contributed by atoms with Crippen LogP contribution < -0.4 is 10.3 Å². The maximum absolute atomic E-state index is 12.9. The number of halogens is 1. The van der Waals surface area contributed by atoms with Crippen LogP contribution in [-0.2, 0) is 16.9 Å². The van der Waals surface area contributed by atoms with E-state index in [1.165, 1.54) is 48.1 Å². The molecule has 0 N–H and O–H groups in total. The van der Waals surface area contributed by atoms with Crippen molar-refractivity contribution < 1.29 is 17.5 Å². The Labute approximate surface area is 136 Å². The van der Waals surface area contributed by atoms with Gasteiger partial charge in [-0.2, -0.15) is 4.98 Å². The highest BCUT2D eigenvalue weighted by Gasteiger charge is 2.15. The predicted octanol–water partition coefficient (Wildman–Crippen LogP) is 1.66. The quantitative estimate of drug-likeness (QED) is 0.668. The minimum absolute atomic E-state index is 0.00712. The van der Waals surface area contributed by atoms with Gasteiger partial charge in [-0.05, 0) is 30.3 Å². The molecule has 124 valence electrons. The Morgan fingerprint density at radius 1 is 1.21 bits per heavy atom. The van der Waals surface area contributed by atoms with Gasteiger partial charge in [-0.3, -0.25) is 9.36 Å². The van der Waals surface area contributed by atoms with Crippen LogP contribution in [0.1, 0.15) is 0 Å². The summed E-state index contributed by atoms with van der Waals surface area (Å²) in [5.74, 6) is -0.135. The summed E-state index contributed by atoms with van der Waals surface area (Å²) in [7, 11) is -2.15. The molecule has 3 rings (SSSR count). The van der Waals surface area contributed by atoms with Gasteiger partial charge in [0.2, 0.25) is 15.0 Å². The van der Waals surface area contributed by atoms with Gasteiger partial charge in [-0.15, -0.1) is 0 Å². The standard InChI is InChI=1S/C15H12FN3O4S/c1-19-13-9(8-17-15(18-13)24(2,21)22)7-12(14(19)20)23-11-5-3-10(16)4-6-11/h3-8H,1-2H3. The summed E-state index contributed by atoms with van der Waals surface area (Å²) in [6.07, 6.45) is 2.29. The molecule has 9 heteroatoms. The fourth-order valence-electron chi connectivity index (χ4n) is 2.08. The van der Waals surface area contributed by atoms with Crippen LogP contribution in [0, 0.1) is 5.82 Å².